The zero-order chi connectivity index (χ0) is 9.80. The van der Waals surface area contributed by atoms with Gasteiger partial charge < -0.3 is 5.32 Å². The lowest BCUT2D eigenvalue weighted by atomic mass is 10.0. The second kappa shape index (κ2) is 4.94. The van der Waals surface area contributed by atoms with Gasteiger partial charge in [-0.1, -0.05) is 12.2 Å². The molecule has 2 aliphatic rings. The van der Waals surface area contributed by atoms with E-state index in [0.717, 1.165) is 12.0 Å². The van der Waals surface area contributed by atoms with E-state index in [1.807, 2.05) is 0 Å². The fourth-order valence-corrected chi connectivity index (χ4v) is 2.48. The van der Waals surface area contributed by atoms with Gasteiger partial charge in [-0.2, -0.15) is 0 Å². The number of allylic oxidation sites excluding steroid dienone is 2. The zero-order valence-electron chi connectivity index (χ0n) is 9.21. The Hall–Kier alpha value is -0.340. The summed E-state index contributed by atoms with van der Waals surface area (Å²) in [5.41, 5.74) is 0. The Balaban J connectivity index is 1.70. The van der Waals surface area contributed by atoms with Crippen molar-refractivity contribution in [3.05, 3.63) is 12.2 Å². The highest BCUT2D eigenvalue weighted by molar-refractivity contribution is 4.96. The molecule has 0 saturated carbocycles. The van der Waals surface area contributed by atoms with Crippen LogP contribution in [0.1, 0.15) is 26.2 Å². The van der Waals surface area contributed by atoms with E-state index in [1.54, 1.807) is 0 Å². The summed E-state index contributed by atoms with van der Waals surface area (Å²) >= 11 is 0. The minimum Gasteiger partial charge on any atom is -0.314 e. The van der Waals surface area contributed by atoms with Gasteiger partial charge in [-0.3, -0.25) is 4.90 Å². The van der Waals surface area contributed by atoms with Gasteiger partial charge in [0.05, 0.1) is 0 Å². The third-order valence-electron chi connectivity index (χ3n) is 3.54. The van der Waals surface area contributed by atoms with Crippen LogP contribution in [0.5, 0.6) is 0 Å². The number of piperazine rings is 1. The van der Waals surface area contributed by atoms with Gasteiger partial charge >= 0.3 is 0 Å². The van der Waals surface area contributed by atoms with E-state index in [0.29, 0.717) is 0 Å². The Bertz CT molecular complexity index is 200. The minimum atomic E-state index is 0.731. The van der Waals surface area contributed by atoms with E-state index in [-0.39, 0.29) is 0 Å². The van der Waals surface area contributed by atoms with Gasteiger partial charge in [-0.15, -0.1) is 0 Å². The maximum absolute atomic E-state index is 3.44. The highest BCUT2D eigenvalue weighted by Gasteiger charge is 2.18. The van der Waals surface area contributed by atoms with Crippen LogP contribution >= 0.6 is 0 Å². The van der Waals surface area contributed by atoms with Crippen LogP contribution in [-0.2, 0) is 0 Å². The summed E-state index contributed by atoms with van der Waals surface area (Å²) in [7, 11) is 0. The van der Waals surface area contributed by atoms with Crippen LogP contribution in [0, 0.1) is 5.92 Å². The highest BCUT2D eigenvalue weighted by Crippen LogP contribution is 2.21. The first-order valence-electron chi connectivity index (χ1n) is 5.97. The first-order valence-corrected chi connectivity index (χ1v) is 5.97. The van der Waals surface area contributed by atoms with Crippen LogP contribution in [0.4, 0.5) is 0 Å². The van der Waals surface area contributed by atoms with Crippen molar-refractivity contribution in [2.24, 2.45) is 5.92 Å². The smallest absolute Gasteiger partial charge is 0.0192 e. The van der Waals surface area contributed by atoms with Gasteiger partial charge in [0.1, 0.15) is 0 Å². The monoisotopic (exact) mass is 194 g/mol. The summed E-state index contributed by atoms with van der Waals surface area (Å²) < 4.78 is 0. The number of nitrogens with zero attached hydrogens (tertiary/aromatic N) is 1. The van der Waals surface area contributed by atoms with Gasteiger partial charge in [0.25, 0.3) is 0 Å². The normalized spacial score (nSPS) is 33.8. The van der Waals surface area contributed by atoms with Crippen molar-refractivity contribution in [3.63, 3.8) is 0 Å². The second-order valence-electron chi connectivity index (χ2n) is 4.64. The number of rotatable bonds is 3. The van der Waals surface area contributed by atoms with Crippen molar-refractivity contribution in [3.8, 4) is 0 Å². The largest absolute Gasteiger partial charge is 0.314 e. The molecule has 0 aromatic rings. The SMILES string of the molecule is CC1CNCCN1CCC1C=CCC1. The Morgan fingerprint density at radius 3 is 3.14 bits per heavy atom. The fourth-order valence-electron chi connectivity index (χ4n) is 2.48. The third-order valence-corrected chi connectivity index (χ3v) is 3.54. The first kappa shape index (κ1) is 10.2. The van der Waals surface area contributed by atoms with Crippen molar-refractivity contribution >= 4 is 0 Å². The molecule has 14 heavy (non-hydrogen) atoms. The zero-order valence-corrected chi connectivity index (χ0v) is 9.21. The summed E-state index contributed by atoms with van der Waals surface area (Å²) in [5, 5.41) is 3.44. The van der Waals surface area contributed by atoms with E-state index < -0.39 is 0 Å². The standard InChI is InChI=1S/C12H22N2/c1-11-10-13-7-9-14(11)8-6-12-4-2-3-5-12/h2,4,11-13H,3,5-10H2,1H3. The van der Waals surface area contributed by atoms with Crippen LogP contribution in [0.25, 0.3) is 0 Å². The molecule has 0 aromatic heterocycles. The topological polar surface area (TPSA) is 15.3 Å². The van der Waals surface area contributed by atoms with E-state index >= 15 is 0 Å². The molecule has 2 rings (SSSR count). The molecule has 0 amide bonds. The molecule has 1 aliphatic heterocycles. The molecule has 0 radical (unpaired) electrons. The number of hydrogen-bond donors (Lipinski definition) is 1. The predicted molar refractivity (Wildman–Crippen MR) is 60.4 cm³/mol. The van der Waals surface area contributed by atoms with Gasteiger partial charge in [0.15, 0.2) is 0 Å². The summed E-state index contributed by atoms with van der Waals surface area (Å²) in [6, 6.07) is 0.731. The van der Waals surface area contributed by atoms with Crippen molar-refractivity contribution in [1.29, 1.82) is 0 Å². The molecule has 1 heterocycles. The number of hydrogen-bond acceptors (Lipinski definition) is 2. The van der Waals surface area contributed by atoms with Crippen LogP contribution in [0.2, 0.25) is 0 Å². The van der Waals surface area contributed by atoms with Crippen molar-refractivity contribution in [2.75, 3.05) is 26.2 Å². The Labute approximate surface area is 87.4 Å². The molecule has 0 bridgehead atoms. The van der Waals surface area contributed by atoms with Gasteiger partial charge in [0, 0.05) is 25.7 Å². The lowest BCUT2D eigenvalue weighted by Gasteiger charge is -2.34. The molecule has 0 aromatic carbocycles. The quantitative estimate of drug-likeness (QED) is 0.687. The molecule has 1 N–H and O–H groups in total. The second-order valence-corrected chi connectivity index (χ2v) is 4.64. The third kappa shape index (κ3) is 2.58. The highest BCUT2D eigenvalue weighted by atomic mass is 15.2. The average molecular weight is 194 g/mol. The lowest BCUT2D eigenvalue weighted by molar-refractivity contribution is 0.166. The van der Waals surface area contributed by atoms with Crippen LogP contribution in [0.3, 0.4) is 0 Å². The van der Waals surface area contributed by atoms with Gasteiger partial charge in [0.2, 0.25) is 0 Å². The Morgan fingerprint density at radius 1 is 1.50 bits per heavy atom. The van der Waals surface area contributed by atoms with Crippen molar-refractivity contribution in [1.82, 2.24) is 10.2 Å². The molecule has 2 heteroatoms. The van der Waals surface area contributed by atoms with Crippen LogP contribution < -0.4 is 5.32 Å². The van der Waals surface area contributed by atoms with E-state index in [1.165, 1.54) is 45.4 Å². The van der Waals surface area contributed by atoms with Gasteiger partial charge in [-0.05, 0) is 38.6 Å². The number of nitrogens with one attached hydrogen (secondary N) is 1. The predicted octanol–water partition coefficient (Wildman–Crippen LogP) is 1.64. The Morgan fingerprint density at radius 2 is 2.43 bits per heavy atom. The molecule has 0 spiro atoms. The lowest BCUT2D eigenvalue weighted by Crippen LogP contribution is -2.50. The van der Waals surface area contributed by atoms with Crippen molar-refractivity contribution in [2.45, 2.75) is 32.2 Å². The molecule has 2 atom stereocenters. The molecule has 2 nitrogen and oxygen atoms in total. The van der Waals surface area contributed by atoms with E-state index in [9.17, 15) is 0 Å². The average Bonchev–Trinajstić information content (AvgIpc) is 2.69. The van der Waals surface area contributed by atoms with Crippen LogP contribution in [-0.4, -0.2) is 37.1 Å². The van der Waals surface area contributed by atoms with Crippen LogP contribution in [0.15, 0.2) is 12.2 Å². The van der Waals surface area contributed by atoms with E-state index in [2.05, 4.69) is 29.3 Å². The molecular weight excluding hydrogens is 172 g/mol. The molecule has 1 saturated heterocycles. The maximum atomic E-state index is 3.44. The maximum Gasteiger partial charge on any atom is 0.0192 e. The fraction of sp³-hybridized carbons (Fsp3) is 0.833. The van der Waals surface area contributed by atoms with E-state index in [4.69, 9.17) is 0 Å². The molecule has 2 unspecified atom stereocenters. The Kier molecular flexibility index (Phi) is 3.60. The molecular formula is C12H22N2. The molecule has 80 valence electrons. The van der Waals surface area contributed by atoms with Gasteiger partial charge in [-0.25, -0.2) is 0 Å². The minimum absolute atomic E-state index is 0.731. The summed E-state index contributed by atoms with van der Waals surface area (Å²) in [6.07, 6.45) is 8.81. The molecule has 1 fully saturated rings. The molecule has 1 aliphatic carbocycles. The summed E-state index contributed by atoms with van der Waals surface area (Å²) in [4.78, 5) is 2.63. The summed E-state index contributed by atoms with van der Waals surface area (Å²) in [6.45, 7) is 7.19. The summed E-state index contributed by atoms with van der Waals surface area (Å²) in [5.74, 6) is 0.872. The first-order chi connectivity index (χ1) is 6.86. The van der Waals surface area contributed by atoms with Crippen molar-refractivity contribution < 1.29 is 0 Å².